The number of amides is 1. The lowest BCUT2D eigenvalue weighted by Crippen LogP contribution is -2.41. The number of rotatable bonds is 2. The average Bonchev–Trinajstić information content (AvgIpc) is 2.97. The Hall–Kier alpha value is -2.79. The van der Waals surface area contributed by atoms with Crippen LogP contribution in [0.4, 0.5) is 4.79 Å². The fraction of sp³-hybridized carbons (Fsp3) is 0.167. The van der Waals surface area contributed by atoms with E-state index in [9.17, 15) is 10.0 Å². The van der Waals surface area contributed by atoms with Gasteiger partial charge in [-0.25, -0.2) is 9.86 Å². The van der Waals surface area contributed by atoms with Crippen molar-refractivity contribution in [3.63, 3.8) is 0 Å². The molecule has 1 N–H and O–H groups in total. The van der Waals surface area contributed by atoms with E-state index in [-0.39, 0.29) is 12.5 Å². The van der Waals surface area contributed by atoms with Crippen LogP contribution in [-0.2, 0) is 0 Å². The van der Waals surface area contributed by atoms with Crippen molar-refractivity contribution in [2.45, 2.75) is 5.92 Å². The second kappa shape index (κ2) is 5.14. The zero-order chi connectivity index (χ0) is 16.0. The van der Waals surface area contributed by atoms with Crippen LogP contribution in [0.2, 0.25) is 0 Å². The molecule has 3 aromatic rings. The van der Waals surface area contributed by atoms with Crippen LogP contribution in [0.15, 0.2) is 54.6 Å². The standard InChI is InChI=1S/C18H16N2O3/c1-23-14-7-8-16-13(9-14)10-17-15(12-5-3-2-4-6-12)11-19(22)18(21)20(16)17/h2-10,15,22H,11H2,1H3. The summed E-state index contributed by atoms with van der Waals surface area (Å²) in [5, 5.41) is 11.8. The molecule has 1 aliphatic rings. The van der Waals surface area contributed by atoms with Gasteiger partial charge in [-0.15, -0.1) is 0 Å². The molecule has 23 heavy (non-hydrogen) atoms. The normalized spacial score (nSPS) is 17.4. The Morgan fingerprint density at radius 3 is 2.65 bits per heavy atom. The lowest BCUT2D eigenvalue weighted by Gasteiger charge is -2.30. The van der Waals surface area contributed by atoms with Gasteiger partial charge in [0.15, 0.2) is 0 Å². The highest BCUT2D eigenvalue weighted by molar-refractivity contribution is 5.94. The maximum absolute atomic E-state index is 12.4. The number of nitrogens with zero attached hydrogens (tertiary/aromatic N) is 2. The number of hydrogen-bond donors (Lipinski definition) is 1. The first-order chi connectivity index (χ1) is 11.2. The minimum Gasteiger partial charge on any atom is -0.497 e. The molecule has 0 spiro atoms. The van der Waals surface area contributed by atoms with E-state index >= 15 is 0 Å². The van der Waals surface area contributed by atoms with Crippen LogP contribution in [0.25, 0.3) is 10.9 Å². The van der Waals surface area contributed by atoms with Crippen LogP contribution < -0.4 is 4.74 Å². The quantitative estimate of drug-likeness (QED) is 0.738. The lowest BCUT2D eigenvalue weighted by atomic mass is 9.94. The number of carbonyl (C=O) groups excluding carboxylic acids is 1. The second-order valence-corrected chi connectivity index (χ2v) is 5.66. The van der Waals surface area contributed by atoms with Crippen LogP contribution >= 0.6 is 0 Å². The van der Waals surface area contributed by atoms with Gasteiger partial charge in [-0.05, 0) is 29.8 Å². The van der Waals surface area contributed by atoms with E-state index in [4.69, 9.17) is 4.74 Å². The Balaban J connectivity index is 1.95. The molecule has 2 aromatic carbocycles. The first kappa shape index (κ1) is 13.8. The molecule has 116 valence electrons. The highest BCUT2D eigenvalue weighted by Crippen LogP contribution is 2.35. The number of ether oxygens (including phenoxy) is 1. The SMILES string of the molecule is COc1ccc2c(c1)cc1n2C(=O)N(O)CC1c1ccccc1. The molecule has 0 aliphatic carbocycles. The van der Waals surface area contributed by atoms with Crippen molar-refractivity contribution in [1.82, 2.24) is 9.63 Å². The zero-order valence-electron chi connectivity index (χ0n) is 12.6. The van der Waals surface area contributed by atoms with Crippen LogP contribution in [-0.4, -0.2) is 34.5 Å². The topological polar surface area (TPSA) is 54.7 Å². The smallest absolute Gasteiger partial charge is 0.352 e. The van der Waals surface area contributed by atoms with Gasteiger partial charge in [-0.2, -0.15) is 0 Å². The van der Waals surface area contributed by atoms with Crippen molar-refractivity contribution in [3.8, 4) is 5.75 Å². The molecular weight excluding hydrogens is 292 g/mol. The van der Waals surface area contributed by atoms with Crippen molar-refractivity contribution >= 4 is 16.9 Å². The second-order valence-electron chi connectivity index (χ2n) is 5.66. The number of fused-ring (bicyclic) bond motifs is 3. The van der Waals surface area contributed by atoms with Gasteiger partial charge in [0, 0.05) is 17.0 Å². The highest BCUT2D eigenvalue weighted by atomic mass is 16.5. The van der Waals surface area contributed by atoms with E-state index in [0.29, 0.717) is 0 Å². The van der Waals surface area contributed by atoms with Crippen molar-refractivity contribution < 1.29 is 14.7 Å². The van der Waals surface area contributed by atoms with E-state index in [1.807, 2.05) is 54.6 Å². The molecule has 1 aliphatic heterocycles. The van der Waals surface area contributed by atoms with Crippen molar-refractivity contribution in [1.29, 1.82) is 0 Å². The van der Waals surface area contributed by atoms with E-state index in [2.05, 4.69) is 0 Å². The molecule has 0 saturated heterocycles. The molecule has 0 radical (unpaired) electrons. The fourth-order valence-corrected chi connectivity index (χ4v) is 3.23. The Morgan fingerprint density at radius 2 is 1.91 bits per heavy atom. The fourth-order valence-electron chi connectivity index (χ4n) is 3.23. The summed E-state index contributed by atoms with van der Waals surface area (Å²) in [4.78, 5) is 12.4. The molecule has 4 rings (SSSR count). The molecule has 1 aromatic heterocycles. The number of hydroxylamine groups is 2. The van der Waals surface area contributed by atoms with Gasteiger partial charge in [-0.1, -0.05) is 30.3 Å². The first-order valence-electron chi connectivity index (χ1n) is 7.44. The van der Waals surface area contributed by atoms with Gasteiger partial charge in [0.2, 0.25) is 0 Å². The molecule has 0 saturated carbocycles. The summed E-state index contributed by atoms with van der Waals surface area (Å²) in [5.74, 6) is 0.669. The highest BCUT2D eigenvalue weighted by Gasteiger charge is 2.33. The summed E-state index contributed by atoms with van der Waals surface area (Å²) in [5.41, 5.74) is 2.72. The Kier molecular flexibility index (Phi) is 3.09. The molecular formula is C18H16N2O3. The van der Waals surface area contributed by atoms with Gasteiger partial charge in [-0.3, -0.25) is 9.77 Å². The zero-order valence-corrected chi connectivity index (χ0v) is 12.6. The van der Waals surface area contributed by atoms with E-state index in [0.717, 1.165) is 33.0 Å². The van der Waals surface area contributed by atoms with Gasteiger partial charge in [0.1, 0.15) is 5.75 Å². The van der Waals surface area contributed by atoms with Crippen LogP contribution in [0.3, 0.4) is 0 Å². The van der Waals surface area contributed by atoms with E-state index in [1.54, 1.807) is 11.7 Å². The molecule has 1 unspecified atom stereocenters. The number of aromatic nitrogens is 1. The van der Waals surface area contributed by atoms with Gasteiger partial charge in [0.05, 0.1) is 19.2 Å². The predicted octanol–water partition coefficient (Wildman–Crippen LogP) is 3.45. The summed E-state index contributed by atoms with van der Waals surface area (Å²) in [6.45, 7) is 0.246. The lowest BCUT2D eigenvalue weighted by molar-refractivity contribution is -0.0505. The van der Waals surface area contributed by atoms with Crippen molar-refractivity contribution in [3.05, 3.63) is 65.9 Å². The van der Waals surface area contributed by atoms with Crippen LogP contribution in [0, 0.1) is 0 Å². The number of hydrogen-bond acceptors (Lipinski definition) is 3. The van der Waals surface area contributed by atoms with E-state index in [1.165, 1.54) is 0 Å². The van der Waals surface area contributed by atoms with E-state index < -0.39 is 6.03 Å². The number of benzene rings is 2. The largest absolute Gasteiger partial charge is 0.497 e. The minimum absolute atomic E-state index is 0.0719. The van der Waals surface area contributed by atoms with Crippen LogP contribution in [0.5, 0.6) is 5.75 Å². The average molecular weight is 308 g/mol. The van der Waals surface area contributed by atoms with Gasteiger partial charge >= 0.3 is 6.03 Å². The summed E-state index contributed by atoms with van der Waals surface area (Å²) in [7, 11) is 1.62. The maximum Gasteiger partial charge on any atom is 0.352 e. The Labute approximate surface area is 133 Å². The third kappa shape index (κ3) is 2.09. The maximum atomic E-state index is 12.4. The van der Waals surface area contributed by atoms with Crippen molar-refractivity contribution in [2.75, 3.05) is 13.7 Å². The monoisotopic (exact) mass is 308 g/mol. The third-order valence-electron chi connectivity index (χ3n) is 4.36. The molecule has 1 atom stereocenters. The third-order valence-corrected chi connectivity index (χ3v) is 4.36. The summed E-state index contributed by atoms with van der Waals surface area (Å²) < 4.78 is 6.84. The van der Waals surface area contributed by atoms with Crippen LogP contribution in [0.1, 0.15) is 17.2 Å². The number of methoxy groups -OCH3 is 1. The first-order valence-corrected chi connectivity index (χ1v) is 7.44. The summed E-state index contributed by atoms with van der Waals surface area (Å²) in [6, 6.07) is 17.0. The van der Waals surface area contributed by atoms with Gasteiger partial charge in [0.25, 0.3) is 0 Å². The minimum atomic E-state index is -0.424. The molecule has 0 bridgehead atoms. The van der Waals surface area contributed by atoms with Crippen molar-refractivity contribution in [2.24, 2.45) is 0 Å². The summed E-state index contributed by atoms with van der Waals surface area (Å²) in [6.07, 6.45) is 0. The Morgan fingerprint density at radius 1 is 1.13 bits per heavy atom. The molecule has 5 nitrogen and oxygen atoms in total. The molecule has 5 heteroatoms. The number of carbonyl (C=O) groups is 1. The summed E-state index contributed by atoms with van der Waals surface area (Å²) >= 11 is 0. The molecule has 0 fully saturated rings. The predicted molar refractivity (Wildman–Crippen MR) is 86.1 cm³/mol. The van der Waals surface area contributed by atoms with Gasteiger partial charge < -0.3 is 4.74 Å². The molecule has 2 heterocycles. The molecule has 1 amide bonds. The Bertz CT molecular complexity index is 886.